The van der Waals surface area contributed by atoms with E-state index in [2.05, 4.69) is 15.0 Å². The maximum Gasteiger partial charge on any atom is 0.434 e. The first-order chi connectivity index (χ1) is 13.6. The van der Waals surface area contributed by atoms with E-state index < -0.39 is 11.9 Å². The number of rotatable bonds is 3. The van der Waals surface area contributed by atoms with E-state index in [0.29, 0.717) is 36.8 Å². The second-order valence-electron chi connectivity index (χ2n) is 7.31. The minimum atomic E-state index is -4.45. The van der Waals surface area contributed by atoms with Crippen molar-refractivity contribution < 1.29 is 13.2 Å². The minimum absolute atomic E-state index is 0.127. The van der Waals surface area contributed by atoms with Crippen molar-refractivity contribution >= 4 is 28.7 Å². The summed E-state index contributed by atoms with van der Waals surface area (Å²) in [6.45, 7) is 1.79. The number of hydrogen-bond acceptors (Lipinski definition) is 5. The summed E-state index contributed by atoms with van der Waals surface area (Å²) in [5.41, 5.74) is 0.764. The van der Waals surface area contributed by atoms with Gasteiger partial charge in [0.25, 0.3) is 0 Å². The lowest BCUT2D eigenvalue weighted by Crippen LogP contribution is -2.37. The molecule has 0 aromatic carbocycles. The fourth-order valence-corrected chi connectivity index (χ4v) is 3.94. The number of fused-ring (bicyclic) bond motifs is 1. The number of nitrogens with zero attached hydrogens (tertiary/aromatic N) is 7. The van der Waals surface area contributed by atoms with E-state index in [4.69, 9.17) is 17.0 Å². The van der Waals surface area contributed by atoms with Crippen LogP contribution in [0.25, 0.3) is 11.2 Å². The van der Waals surface area contributed by atoms with E-state index in [1.807, 2.05) is 9.47 Å². The molecule has 1 saturated heterocycles. The number of imidazole rings is 2. The monoisotopic (exact) mass is 428 g/mol. The molecule has 0 aliphatic carbocycles. The Morgan fingerprint density at radius 1 is 1.21 bits per heavy atom. The standard InChI is InChI=1S/C17H20ClF3N8/c1-26-9-12(17(19,20)21)24-16(26)28-5-3-10(4-6-28)8-29-13-11(27(2)15(29)22)7-23-14(18)25-13/h7,9-10,22H,3-6,8H2,1-2H3. The average Bonchev–Trinajstić information content (AvgIpc) is 3.16. The van der Waals surface area contributed by atoms with E-state index in [-0.39, 0.29) is 11.2 Å². The Balaban J connectivity index is 1.50. The third-order valence-electron chi connectivity index (χ3n) is 5.39. The molecule has 4 rings (SSSR count). The van der Waals surface area contributed by atoms with Crippen LogP contribution in [0.4, 0.5) is 19.1 Å². The molecule has 0 radical (unpaired) electrons. The highest BCUT2D eigenvalue weighted by molar-refractivity contribution is 6.28. The third kappa shape index (κ3) is 3.59. The number of alkyl halides is 3. The minimum Gasteiger partial charge on any atom is -0.342 e. The van der Waals surface area contributed by atoms with Crippen molar-refractivity contribution in [2.24, 2.45) is 20.0 Å². The van der Waals surface area contributed by atoms with Gasteiger partial charge < -0.3 is 14.0 Å². The first kappa shape index (κ1) is 19.7. The van der Waals surface area contributed by atoms with Gasteiger partial charge in [-0.05, 0) is 30.4 Å². The van der Waals surface area contributed by atoms with E-state index in [1.165, 1.54) is 4.57 Å². The van der Waals surface area contributed by atoms with Crippen molar-refractivity contribution in [3.05, 3.63) is 29.0 Å². The normalized spacial score (nSPS) is 16.1. The van der Waals surface area contributed by atoms with Crippen LogP contribution in [0.3, 0.4) is 0 Å². The van der Waals surface area contributed by atoms with Gasteiger partial charge in [-0.25, -0.2) is 9.97 Å². The van der Waals surface area contributed by atoms with Crippen LogP contribution < -0.4 is 10.5 Å². The fourth-order valence-electron chi connectivity index (χ4n) is 3.81. The molecule has 0 spiro atoms. The first-order valence-electron chi connectivity index (χ1n) is 9.13. The number of nitrogens with one attached hydrogen (secondary N) is 1. The average molecular weight is 429 g/mol. The van der Waals surface area contributed by atoms with Crippen molar-refractivity contribution in [3.8, 4) is 0 Å². The molecule has 12 heteroatoms. The van der Waals surface area contributed by atoms with Gasteiger partial charge in [0, 0.05) is 39.9 Å². The van der Waals surface area contributed by atoms with Crippen molar-refractivity contribution in [3.63, 3.8) is 0 Å². The molecule has 3 aromatic heterocycles. The largest absolute Gasteiger partial charge is 0.434 e. The van der Waals surface area contributed by atoms with Crippen molar-refractivity contribution in [1.82, 2.24) is 28.7 Å². The summed E-state index contributed by atoms with van der Waals surface area (Å²) in [5.74, 6) is 0.594. The van der Waals surface area contributed by atoms with Gasteiger partial charge in [-0.15, -0.1) is 0 Å². The molecule has 8 nitrogen and oxygen atoms in total. The SMILES string of the molecule is Cn1cc(C(F)(F)F)nc1N1CCC(Cn2c(=N)n(C)c3cnc(Cl)nc32)CC1. The molecule has 1 fully saturated rings. The highest BCUT2D eigenvalue weighted by atomic mass is 35.5. The van der Waals surface area contributed by atoms with Crippen LogP contribution in [0.1, 0.15) is 18.5 Å². The zero-order valence-corrected chi connectivity index (χ0v) is 16.7. The van der Waals surface area contributed by atoms with Gasteiger partial charge in [0.15, 0.2) is 11.3 Å². The van der Waals surface area contributed by atoms with Gasteiger partial charge in [0.05, 0.1) is 6.20 Å². The van der Waals surface area contributed by atoms with Crippen LogP contribution in [0, 0.1) is 11.3 Å². The topological polar surface area (TPSA) is 80.5 Å². The second-order valence-corrected chi connectivity index (χ2v) is 7.64. The van der Waals surface area contributed by atoms with Crippen LogP contribution in [-0.2, 0) is 26.8 Å². The summed E-state index contributed by atoms with van der Waals surface area (Å²) in [7, 11) is 3.35. The number of halogens is 4. The predicted octanol–water partition coefficient (Wildman–Crippen LogP) is 2.57. The van der Waals surface area contributed by atoms with Crippen molar-refractivity contribution in [2.75, 3.05) is 18.0 Å². The highest BCUT2D eigenvalue weighted by Crippen LogP contribution is 2.31. The van der Waals surface area contributed by atoms with Crippen molar-refractivity contribution in [2.45, 2.75) is 25.6 Å². The molecule has 4 heterocycles. The molecule has 29 heavy (non-hydrogen) atoms. The Bertz CT molecular complexity index is 1100. The number of anilines is 1. The zero-order valence-electron chi connectivity index (χ0n) is 15.9. The number of piperidine rings is 1. The van der Waals surface area contributed by atoms with E-state index >= 15 is 0 Å². The lowest BCUT2D eigenvalue weighted by atomic mass is 9.97. The zero-order chi connectivity index (χ0) is 20.9. The van der Waals surface area contributed by atoms with E-state index in [9.17, 15) is 13.2 Å². The summed E-state index contributed by atoms with van der Waals surface area (Å²) in [6, 6.07) is 0. The summed E-state index contributed by atoms with van der Waals surface area (Å²) in [4.78, 5) is 13.9. The lowest BCUT2D eigenvalue weighted by Gasteiger charge is -2.32. The third-order valence-corrected chi connectivity index (χ3v) is 5.57. The molecule has 1 aliphatic rings. The van der Waals surface area contributed by atoms with Gasteiger partial charge >= 0.3 is 6.18 Å². The van der Waals surface area contributed by atoms with Crippen LogP contribution >= 0.6 is 11.6 Å². The molecular weight excluding hydrogens is 409 g/mol. The molecule has 3 aromatic rings. The molecule has 1 aliphatic heterocycles. The van der Waals surface area contributed by atoms with Gasteiger partial charge in [0.1, 0.15) is 5.52 Å². The fraction of sp³-hybridized carbons (Fsp3) is 0.529. The maximum absolute atomic E-state index is 12.9. The van der Waals surface area contributed by atoms with Crippen LogP contribution in [-0.4, -0.2) is 41.7 Å². The van der Waals surface area contributed by atoms with Crippen LogP contribution in [0.5, 0.6) is 0 Å². The first-order valence-corrected chi connectivity index (χ1v) is 9.51. The van der Waals surface area contributed by atoms with Crippen molar-refractivity contribution in [1.29, 1.82) is 5.41 Å². The Morgan fingerprint density at radius 3 is 2.52 bits per heavy atom. The number of aryl methyl sites for hydroxylation is 2. The molecule has 0 unspecified atom stereocenters. The lowest BCUT2D eigenvalue weighted by molar-refractivity contribution is -0.140. The van der Waals surface area contributed by atoms with Gasteiger partial charge in [0.2, 0.25) is 16.9 Å². The molecule has 0 amide bonds. The molecule has 1 N–H and O–H groups in total. The van der Waals surface area contributed by atoms with Crippen LogP contribution in [0.2, 0.25) is 5.28 Å². The molecule has 0 atom stereocenters. The Hall–Kier alpha value is -2.56. The molecule has 0 saturated carbocycles. The smallest absolute Gasteiger partial charge is 0.342 e. The van der Waals surface area contributed by atoms with Gasteiger partial charge in [-0.2, -0.15) is 18.2 Å². The molecule has 156 valence electrons. The van der Waals surface area contributed by atoms with E-state index in [1.54, 1.807) is 24.9 Å². The summed E-state index contributed by atoms with van der Waals surface area (Å²) in [5, 5.41) is 8.49. The predicted molar refractivity (Wildman–Crippen MR) is 101 cm³/mol. The highest BCUT2D eigenvalue weighted by Gasteiger charge is 2.35. The number of aromatic nitrogens is 6. The van der Waals surface area contributed by atoms with Crippen LogP contribution in [0.15, 0.2) is 12.4 Å². The quantitative estimate of drug-likeness (QED) is 0.650. The molecule has 0 bridgehead atoms. The second kappa shape index (κ2) is 7.05. The van der Waals surface area contributed by atoms with Gasteiger partial charge in [-0.3, -0.25) is 9.98 Å². The Morgan fingerprint density at radius 2 is 1.90 bits per heavy atom. The number of hydrogen-bond donors (Lipinski definition) is 1. The summed E-state index contributed by atoms with van der Waals surface area (Å²) < 4.78 is 43.7. The van der Waals surface area contributed by atoms with E-state index in [0.717, 1.165) is 24.6 Å². The van der Waals surface area contributed by atoms with Gasteiger partial charge in [-0.1, -0.05) is 0 Å². The maximum atomic E-state index is 12.9. The molecular formula is C17H20ClF3N8. The Kier molecular flexibility index (Phi) is 4.80. The summed E-state index contributed by atoms with van der Waals surface area (Å²) in [6.07, 6.45) is -0.289. The summed E-state index contributed by atoms with van der Waals surface area (Å²) >= 11 is 5.93. The Labute approximate surface area is 169 Å².